The molecule has 0 bridgehead atoms. The maximum atomic E-state index is 11.7. The van der Waals surface area contributed by atoms with E-state index < -0.39 is 0 Å². The van der Waals surface area contributed by atoms with Crippen LogP contribution >= 0.6 is 34.5 Å². The average molecular weight is 420 g/mol. The fraction of sp³-hybridized carbons (Fsp3) is 0.250. The molecule has 2 aromatic heterocycles. The number of benzene rings is 1. The molecule has 0 aliphatic rings. The number of hydrogen-bond donors (Lipinski definition) is 0. The Labute approximate surface area is 172 Å². The summed E-state index contributed by atoms with van der Waals surface area (Å²) in [5.74, 6) is 0. The number of thiazole rings is 1. The van der Waals surface area contributed by atoms with Crippen molar-refractivity contribution in [2.75, 3.05) is 11.4 Å². The molecule has 3 aromatic rings. The van der Waals surface area contributed by atoms with E-state index in [9.17, 15) is 4.79 Å². The lowest BCUT2D eigenvalue weighted by molar-refractivity contribution is 0.112. The van der Waals surface area contributed by atoms with Crippen molar-refractivity contribution in [1.29, 1.82) is 0 Å². The van der Waals surface area contributed by atoms with Gasteiger partial charge in [-0.2, -0.15) is 0 Å². The second-order valence-corrected chi connectivity index (χ2v) is 7.95. The number of hydrogen-bond acceptors (Lipinski definition) is 5. The number of carbonyl (C=O) groups excluding carboxylic acids is 1. The first kappa shape index (κ1) is 19.8. The van der Waals surface area contributed by atoms with Crippen molar-refractivity contribution < 1.29 is 4.79 Å². The van der Waals surface area contributed by atoms with Crippen molar-refractivity contribution in [2.45, 2.75) is 26.3 Å². The molecule has 0 aliphatic heterocycles. The van der Waals surface area contributed by atoms with Gasteiger partial charge >= 0.3 is 0 Å². The lowest BCUT2D eigenvalue weighted by Gasteiger charge is -2.28. The summed E-state index contributed by atoms with van der Waals surface area (Å²) in [6, 6.07) is 9.31. The molecule has 0 saturated heterocycles. The molecular weight excluding hydrogens is 401 g/mol. The Bertz CT molecular complexity index is 930. The molecule has 0 amide bonds. The van der Waals surface area contributed by atoms with Gasteiger partial charge in [-0.05, 0) is 49.2 Å². The van der Waals surface area contributed by atoms with Crippen LogP contribution in [0, 0.1) is 0 Å². The zero-order valence-electron chi connectivity index (χ0n) is 15.0. The molecule has 140 valence electrons. The Morgan fingerprint density at radius 2 is 1.96 bits per heavy atom. The SMILES string of the molecule is CCCN(c1nc(-c2ccc(Cl)cc2Cl)c(C=O)s1)C(C)c1ccncc1. The normalized spacial score (nSPS) is 12.0. The van der Waals surface area contributed by atoms with Crippen LogP contribution in [0.25, 0.3) is 11.3 Å². The number of aromatic nitrogens is 2. The Kier molecular flexibility index (Phi) is 6.47. The van der Waals surface area contributed by atoms with Crippen LogP contribution in [0.5, 0.6) is 0 Å². The highest BCUT2D eigenvalue weighted by atomic mass is 35.5. The molecule has 1 aromatic carbocycles. The molecule has 0 fully saturated rings. The van der Waals surface area contributed by atoms with Gasteiger partial charge in [0, 0.05) is 29.5 Å². The van der Waals surface area contributed by atoms with Gasteiger partial charge in [-0.1, -0.05) is 41.5 Å². The maximum Gasteiger partial charge on any atom is 0.187 e. The van der Waals surface area contributed by atoms with Gasteiger partial charge in [0.15, 0.2) is 11.4 Å². The van der Waals surface area contributed by atoms with E-state index in [4.69, 9.17) is 28.2 Å². The van der Waals surface area contributed by atoms with Crippen molar-refractivity contribution in [3.05, 3.63) is 63.2 Å². The van der Waals surface area contributed by atoms with Gasteiger partial charge in [-0.3, -0.25) is 9.78 Å². The number of rotatable bonds is 7. The van der Waals surface area contributed by atoms with Crippen molar-refractivity contribution >= 4 is 46.0 Å². The van der Waals surface area contributed by atoms with E-state index in [1.165, 1.54) is 11.3 Å². The monoisotopic (exact) mass is 419 g/mol. The van der Waals surface area contributed by atoms with Gasteiger partial charge in [-0.15, -0.1) is 0 Å². The first-order chi connectivity index (χ1) is 13.0. The molecule has 0 aliphatic carbocycles. The standard InChI is InChI=1S/C20H19Cl2N3OS/c1-3-10-25(13(2)14-6-8-23-9-7-14)20-24-19(18(12-26)27-20)16-5-4-15(21)11-17(16)22/h4-9,11-13H,3,10H2,1-2H3. The largest absolute Gasteiger partial charge is 0.341 e. The second kappa shape index (κ2) is 8.83. The van der Waals surface area contributed by atoms with E-state index in [-0.39, 0.29) is 6.04 Å². The average Bonchev–Trinajstić information content (AvgIpc) is 3.10. The molecule has 0 saturated carbocycles. The van der Waals surface area contributed by atoms with E-state index in [0.29, 0.717) is 26.2 Å². The summed E-state index contributed by atoms with van der Waals surface area (Å²) < 4.78 is 0. The molecule has 0 radical (unpaired) electrons. The van der Waals surface area contributed by atoms with E-state index in [0.717, 1.165) is 29.9 Å². The third-order valence-electron chi connectivity index (χ3n) is 4.30. The topological polar surface area (TPSA) is 46.1 Å². The van der Waals surface area contributed by atoms with Crippen LogP contribution in [0.15, 0.2) is 42.7 Å². The van der Waals surface area contributed by atoms with Gasteiger partial charge in [0.1, 0.15) is 0 Å². The number of pyridine rings is 1. The number of aldehydes is 1. The zero-order valence-corrected chi connectivity index (χ0v) is 17.4. The van der Waals surface area contributed by atoms with Crippen molar-refractivity contribution in [3.63, 3.8) is 0 Å². The molecule has 2 heterocycles. The lowest BCUT2D eigenvalue weighted by atomic mass is 10.1. The first-order valence-corrected chi connectivity index (χ1v) is 10.2. The quantitative estimate of drug-likeness (QED) is 0.421. The molecular formula is C20H19Cl2N3OS. The minimum Gasteiger partial charge on any atom is -0.341 e. The van der Waals surface area contributed by atoms with Gasteiger partial charge in [0.25, 0.3) is 0 Å². The summed E-state index contributed by atoms with van der Waals surface area (Å²) in [5.41, 5.74) is 2.45. The molecule has 0 spiro atoms. The molecule has 0 N–H and O–H groups in total. The Morgan fingerprint density at radius 3 is 2.59 bits per heavy atom. The van der Waals surface area contributed by atoms with Crippen LogP contribution < -0.4 is 4.90 Å². The highest BCUT2D eigenvalue weighted by Crippen LogP contribution is 2.38. The van der Waals surface area contributed by atoms with Gasteiger partial charge in [-0.25, -0.2) is 4.98 Å². The molecule has 27 heavy (non-hydrogen) atoms. The zero-order chi connectivity index (χ0) is 19.4. The van der Waals surface area contributed by atoms with E-state index >= 15 is 0 Å². The summed E-state index contributed by atoms with van der Waals surface area (Å²) in [6.07, 6.45) is 5.37. The minimum atomic E-state index is 0.104. The summed E-state index contributed by atoms with van der Waals surface area (Å²) in [4.78, 5) is 23.3. The molecule has 1 unspecified atom stereocenters. The predicted octanol–water partition coefficient (Wildman–Crippen LogP) is 6.30. The van der Waals surface area contributed by atoms with Crippen LogP contribution in [0.1, 0.15) is 41.5 Å². The number of carbonyl (C=O) groups is 1. The number of nitrogens with zero attached hydrogens (tertiary/aromatic N) is 3. The summed E-state index contributed by atoms with van der Waals surface area (Å²) in [6.45, 7) is 5.07. The second-order valence-electron chi connectivity index (χ2n) is 6.10. The van der Waals surface area contributed by atoms with E-state index in [2.05, 4.69) is 23.7 Å². The highest BCUT2D eigenvalue weighted by molar-refractivity contribution is 7.17. The predicted molar refractivity (Wildman–Crippen MR) is 113 cm³/mol. The van der Waals surface area contributed by atoms with Gasteiger partial charge in [0.2, 0.25) is 0 Å². The number of halogens is 2. The minimum absolute atomic E-state index is 0.104. The fourth-order valence-corrected chi connectivity index (χ4v) is 4.41. The van der Waals surface area contributed by atoms with Crippen LogP contribution in [-0.2, 0) is 0 Å². The van der Waals surface area contributed by atoms with Gasteiger partial charge < -0.3 is 4.90 Å². The Morgan fingerprint density at radius 1 is 1.22 bits per heavy atom. The number of anilines is 1. The molecule has 4 nitrogen and oxygen atoms in total. The fourth-order valence-electron chi connectivity index (χ4n) is 2.92. The first-order valence-electron chi connectivity index (χ1n) is 8.63. The maximum absolute atomic E-state index is 11.7. The smallest absolute Gasteiger partial charge is 0.187 e. The Balaban J connectivity index is 2.04. The molecule has 7 heteroatoms. The van der Waals surface area contributed by atoms with Crippen molar-refractivity contribution in [3.8, 4) is 11.3 Å². The summed E-state index contributed by atoms with van der Waals surface area (Å²) in [5, 5.41) is 1.82. The van der Waals surface area contributed by atoms with Crippen LogP contribution in [0.2, 0.25) is 10.0 Å². The Hall–Kier alpha value is -1.95. The molecule has 3 rings (SSSR count). The van der Waals surface area contributed by atoms with Crippen LogP contribution in [-0.4, -0.2) is 22.8 Å². The van der Waals surface area contributed by atoms with Crippen molar-refractivity contribution in [2.24, 2.45) is 0 Å². The summed E-state index contributed by atoms with van der Waals surface area (Å²) in [7, 11) is 0. The van der Waals surface area contributed by atoms with E-state index in [1.807, 2.05) is 12.1 Å². The summed E-state index contributed by atoms with van der Waals surface area (Å²) >= 11 is 13.7. The van der Waals surface area contributed by atoms with Gasteiger partial charge in [0.05, 0.1) is 21.6 Å². The van der Waals surface area contributed by atoms with Crippen LogP contribution in [0.4, 0.5) is 5.13 Å². The third-order valence-corrected chi connectivity index (χ3v) is 5.87. The van der Waals surface area contributed by atoms with E-state index in [1.54, 1.807) is 30.6 Å². The lowest BCUT2D eigenvalue weighted by Crippen LogP contribution is -2.27. The van der Waals surface area contributed by atoms with Crippen molar-refractivity contribution in [1.82, 2.24) is 9.97 Å². The highest BCUT2D eigenvalue weighted by Gasteiger charge is 2.23. The third kappa shape index (κ3) is 4.32. The van der Waals surface area contributed by atoms with Crippen LogP contribution in [0.3, 0.4) is 0 Å². The molecule has 1 atom stereocenters.